The van der Waals surface area contributed by atoms with Crippen LogP contribution in [0.5, 0.6) is 0 Å². The predicted octanol–water partition coefficient (Wildman–Crippen LogP) is 3.14. The van der Waals surface area contributed by atoms with E-state index in [1.807, 2.05) is 0 Å². The number of fused-ring (bicyclic) bond motifs is 1. The number of aromatic nitrogens is 1. The number of hydrogen-bond donors (Lipinski definition) is 1. The summed E-state index contributed by atoms with van der Waals surface area (Å²) in [5, 5.41) is -0.0574. The molecule has 1 atom stereocenters. The molecular weight excluding hydrogens is 549 g/mol. The van der Waals surface area contributed by atoms with E-state index in [9.17, 15) is 18.8 Å². The molecule has 37 heavy (non-hydrogen) atoms. The molecule has 2 heterocycles. The number of nitrogens with zero attached hydrogens (tertiary/aromatic N) is 1. The van der Waals surface area contributed by atoms with Crippen LogP contribution in [0.15, 0.2) is 46.8 Å². The van der Waals surface area contributed by atoms with Crippen molar-refractivity contribution in [2.75, 3.05) is 13.7 Å². The highest BCUT2D eigenvalue weighted by atomic mass is 35.5. The van der Waals surface area contributed by atoms with E-state index in [-0.39, 0.29) is 48.1 Å². The molecule has 2 N–H and O–H groups in total. The van der Waals surface area contributed by atoms with Gasteiger partial charge in [-0.05, 0) is 37.3 Å². The third-order valence-electron chi connectivity index (χ3n) is 5.61. The quantitative estimate of drug-likeness (QED) is 0.476. The average Bonchev–Trinajstić information content (AvgIpc) is 3.17. The standard InChI is InChI=1S/C25H18Cl2F2N2O5S/c1-3-36-25(34)19-18(17-13(27)7-5-9-15(17)29)20(24(33)35-2)23-31(21(19)30)22(32)16(37-23)10-11-12(26)6-4-8-14(11)28/h4-10,18H,3,30H2,1-2H3. The number of nitrogens with two attached hydrogens (primary N) is 1. The van der Waals surface area contributed by atoms with Crippen molar-refractivity contribution in [3.63, 3.8) is 0 Å². The van der Waals surface area contributed by atoms with Gasteiger partial charge in [0.05, 0.1) is 40.3 Å². The lowest BCUT2D eigenvalue weighted by Crippen LogP contribution is -2.42. The number of carbonyl (C=O) groups is 2. The van der Waals surface area contributed by atoms with Gasteiger partial charge in [0.1, 0.15) is 22.1 Å². The molecule has 192 valence electrons. The first kappa shape index (κ1) is 26.6. The molecule has 0 saturated carbocycles. The molecule has 4 rings (SSSR count). The molecule has 0 saturated heterocycles. The number of benzene rings is 2. The van der Waals surface area contributed by atoms with Gasteiger partial charge in [-0.15, -0.1) is 11.3 Å². The molecule has 0 spiro atoms. The number of ether oxygens (including phenoxy) is 2. The molecule has 1 aliphatic rings. The predicted molar refractivity (Wildman–Crippen MR) is 136 cm³/mol. The van der Waals surface area contributed by atoms with Gasteiger partial charge in [0.15, 0.2) is 0 Å². The van der Waals surface area contributed by atoms with E-state index in [4.69, 9.17) is 38.4 Å². The van der Waals surface area contributed by atoms with Gasteiger partial charge in [0, 0.05) is 16.1 Å². The van der Waals surface area contributed by atoms with Crippen LogP contribution in [-0.2, 0) is 19.1 Å². The van der Waals surface area contributed by atoms with Crippen LogP contribution in [0.25, 0.3) is 17.5 Å². The van der Waals surface area contributed by atoms with Gasteiger partial charge in [0.25, 0.3) is 5.56 Å². The minimum absolute atomic E-state index is 0.0414. The summed E-state index contributed by atoms with van der Waals surface area (Å²) in [6.45, 7) is 1.47. The summed E-state index contributed by atoms with van der Waals surface area (Å²) in [6, 6.07) is 7.84. The van der Waals surface area contributed by atoms with E-state index < -0.39 is 40.9 Å². The molecule has 2 aromatic carbocycles. The Balaban J connectivity index is 2.20. The Bertz CT molecular complexity index is 1620. The van der Waals surface area contributed by atoms with Crippen LogP contribution in [0, 0.1) is 11.6 Å². The lowest BCUT2D eigenvalue weighted by atomic mass is 9.83. The molecule has 1 aliphatic heterocycles. The molecule has 1 unspecified atom stereocenters. The van der Waals surface area contributed by atoms with Gasteiger partial charge < -0.3 is 15.2 Å². The number of thiazole rings is 1. The van der Waals surface area contributed by atoms with Crippen LogP contribution >= 0.6 is 34.5 Å². The first-order chi connectivity index (χ1) is 17.6. The fraction of sp³-hybridized carbons (Fsp3) is 0.160. The maximum absolute atomic E-state index is 15.2. The van der Waals surface area contributed by atoms with Gasteiger partial charge >= 0.3 is 11.9 Å². The van der Waals surface area contributed by atoms with Gasteiger partial charge in [-0.25, -0.2) is 18.4 Å². The van der Waals surface area contributed by atoms with E-state index in [1.165, 1.54) is 30.3 Å². The molecule has 3 aromatic rings. The minimum atomic E-state index is -1.47. The summed E-state index contributed by atoms with van der Waals surface area (Å²) >= 11 is 13.2. The highest BCUT2D eigenvalue weighted by molar-refractivity contribution is 7.07. The van der Waals surface area contributed by atoms with Crippen LogP contribution in [0.2, 0.25) is 10.0 Å². The summed E-state index contributed by atoms with van der Waals surface area (Å²) in [4.78, 5) is 39.7. The van der Waals surface area contributed by atoms with Gasteiger partial charge in [-0.1, -0.05) is 35.3 Å². The molecule has 12 heteroatoms. The summed E-state index contributed by atoms with van der Waals surface area (Å²) in [5.41, 5.74) is 4.61. The second kappa shape index (κ2) is 10.5. The Morgan fingerprint density at radius 3 is 2.32 bits per heavy atom. The molecule has 0 bridgehead atoms. The van der Waals surface area contributed by atoms with Crippen LogP contribution in [-0.4, -0.2) is 30.2 Å². The highest BCUT2D eigenvalue weighted by Crippen LogP contribution is 2.41. The van der Waals surface area contributed by atoms with Crippen LogP contribution in [0.3, 0.4) is 0 Å². The first-order valence-corrected chi connectivity index (χ1v) is 12.3. The Morgan fingerprint density at radius 1 is 1.08 bits per heavy atom. The molecule has 1 aromatic heterocycles. The maximum atomic E-state index is 15.2. The SMILES string of the molecule is CCOC(=O)C1=C(N)n2c(sc(=Cc3c(F)cccc3Cl)c2=O)=C(C(=O)OC)C1c1c(F)cccc1Cl. The lowest BCUT2D eigenvalue weighted by Gasteiger charge is -2.27. The summed E-state index contributed by atoms with van der Waals surface area (Å²) in [5.74, 6) is -5.34. The minimum Gasteiger partial charge on any atom is -0.466 e. The van der Waals surface area contributed by atoms with E-state index in [0.717, 1.165) is 35.1 Å². The van der Waals surface area contributed by atoms with Gasteiger partial charge in [-0.3, -0.25) is 9.36 Å². The fourth-order valence-corrected chi connectivity index (χ4v) is 5.66. The maximum Gasteiger partial charge on any atom is 0.338 e. The third-order valence-corrected chi connectivity index (χ3v) is 7.38. The smallest absolute Gasteiger partial charge is 0.338 e. The number of halogens is 4. The van der Waals surface area contributed by atoms with Crippen molar-refractivity contribution >= 4 is 63.9 Å². The molecule has 0 amide bonds. The first-order valence-electron chi connectivity index (χ1n) is 10.7. The second-order valence-electron chi connectivity index (χ2n) is 7.68. The van der Waals surface area contributed by atoms with Crippen molar-refractivity contribution in [3.05, 3.63) is 94.3 Å². The molecule has 0 fully saturated rings. The van der Waals surface area contributed by atoms with Crippen molar-refractivity contribution in [3.8, 4) is 0 Å². The molecule has 7 nitrogen and oxygen atoms in total. The zero-order chi connectivity index (χ0) is 27.0. The molecule has 0 radical (unpaired) electrons. The average molecular weight is 567 g/mol. The van der Waals surface area contributed by atoms with E-state index in [1.54, 1.807) is 6.92 Å². The highest BCUT2D eigenvalue weighted by Gasteiger charge is 2.41. The summed E-state index contributed by atoms with van der Waals surface area (Å²) < 4.78 is 40.5. The Morgan fingerprint density at radius 2 is 1.73 bits per heavy atom. The molecule has 0 aliphatic carbocycles. The van der Waals surface area contributed by atoms with E-state index in [0.29, 0.717) is 0 Å². The number of carbonyl (C=O) groups excluding carboxylic acids is 2. The van der Waals surface area contributed by atoms with E-state index in [2.05, 4.69) is 0 Å². The van der Waals surface area contributed by atoms with E-state index >= 15 is 4.39 Å². The van der Waals surface area contributed by atoms with Crippen LogP contribution in [0.4, 0.5) is 8.78 Å². The largest absolute Gasteiger partial charge is 0.466 e. The second-order valence-corrected chi connectivity index (χ2v) is 9.53. The lowest BCUT2D eigenvalue weighted by molar-refractivity contribution is -0.138. The monoisotopic (exact) mass is 566 g/mol. The Kier molecular flexibility index (Phi) is 7.54. The molecular formula is C25H18Cl2F2N2O5S. The van der Waals surface area contributed by atoms with Crippen molar-refractivity contribution in [2.45, 2.75) is 12.8 Å². The van der Waals surface area contributed by atoms with Crippen molar-refractivity contribution < 1.29 is 27.8 Å². The number of methoxy groups -OCH3 is 1. The fourth-order valence-electron chi connectivity index (χ4n) is 4.02. The third kappa shape index (κ3) is 4.56. The van der Waals surface area contributed by atoms with Crippen molar-refractivity contribution in [1.82, 2.24) is 4.57 Å². The number of rotatable bonds is 5. The zero-order valence-corrected chi connectivity index (χ0v) is 21.6. The topological polar surface area (TPSA) is 101 Å². The number of esters is 2. The van der Waals surface area contributed by atoms with Gasteiger partial charge in [-0.2, -0.15) is 0 Å². The Labute approximate surface area is 222 Å². The Hall–Kier alpha value is -3.47. The normalized spacial score (nSPS) is 15.6. The summed E-state index contributed by atoms with van der Waals surface area (Å²) in [7, 11) is 1.09. The summed E-state index contributed by atoms with van der Waals surface area (Å²) in [6.07, 6.45) is 1.20. The van der Waals surface area contributed by atoms with Gasteiger partial charge in [0.2, 0.25) is 0 Å². The zero-order valence-electron chi connectivity index (χ0n) is 19.3. The number of hydrogen-bond acceptors (Lipinski definition) is 7. The van der Waals surface area contributed by atoms with Crippen molar-refractivity contribution in [1.29, 1.82) is 0 Å². The van der Waals surface area contributed by atoms with Crippen LogP contribution < -0.4 is 20.5 Å². The van der Waals surface area contributed by atoms with Crippen molar-refractivity contribution in [2.24, 2.45) is 5.73 Å². The van der Waals surface area contributed by atoms with Crippen LogP contribution in [0.1, 0.15) is 24.0 Å².